The van der Waals surface area contributed by atoms with Gasteiger partial charge in [0.25, 0.3) is 0 Å². The maximum absolute atomic E-state index is 11.8. The summed E-state index contributed by atoms with van der Waals surface area (Å²) >= 11 is 1.38. The molecule has 1 aliphatic carbocycles. The van der Waals surface area contributed by atoms with Crippen molar-refractivity contribution in [2.45, 2.75) is 31.9 Å². The normalized spacial score (nSPS) is 30.1. The maximum atomic E-state index is 11.8. The molecular formula is C12H18O3S. The zero-order valence-corrected chi connectivity index (χ0v) is 10.5. The molecule has 0 aromatic rings. The molecule has 0 aromatic heterocycles. The number of carbonyl (C=O) groups is 2. The van der Waals surface area contributed by atoms with Crippen LogP contribution in [0.15, 0.2) is 12.2 Å². The summed E-state index contributed by atoms with van der Waals surface area (Å²) < 4.78 is 0. The molecule has 3 unspecified atom stereocenters. The SMILES string of the molecule is C=C(C)C1CC(=O)C(C)C(SCC(=O)O)C1. The lowest BCUT2D eigenvalue weighted by atomic mass is 9.79. The second kappa shape index (κ2) is 5.53. The molecule has 1 aliphatic rings. The third kappa shape index (κ3) is 3.37. The first-order chi connectivity index (χ1) is 7.41. The van der Waals surface area contributed by atoms with E-state index in [2.05, 4.69) is 6.58 Å². The van der Waals surface area contributed by atoms with Crippen LogP contribution in [0.5, 0.6) is 0 Å². The van der Waals surface area contributed by atoms with Crippen LogP contribution in [-0.2, 0) is 9.59 Å². The molecule has 1 N–H and O–H groups in total. The number of ketones is 1. The Morgan fingerprint density at radius 1 is 1.62 bits per heavy atom. The van der Waals surface area contributed by atoms with Gasteiger partial charge in [-0.3, -0.25) is 9.59 Å². The van der Waals surface area contributed by atoms with Crippen molar-refractivity contribution in [3.05, 3.63) is 12.2 Å². The summed E-state index contributed by atoms with van der Waals surface area (Å²) in [5.41, 5.74) is 1.03. The van der Waals surface area contributed by atoms with Gasteiger partial charge in [0.2, 0.25) is 0 Å². The molecule has 0 aliphatic heterocycles. The molecule has 1 saturated carbocycles. The molecular weight excluding hydrogens is 224 g/mol. The Hall–Kier alpha value is -0.770. The molecule has 0 spiro atoms. The Bertz CT molecular complexity index is 311. The van der Waals surface area contributed by atoms with Crippen molar-refractivity contribution in [3.8, 4) is 0 Å². The molecule has 1 rings (SSSR count). The van der Waals surface area contributed by atoms with Crippen molar-refractivity contribution in [3.63, 3.8) is 0 Å². The molecule has 1 fully saturated rings. The molecule has 4 heteroatoms. The van der Waals surface area contributed by atoms with Crippen molar-refractivity contribution < 1.29 is 14.7 Å². The van der Waals surface area contributed by atoms with E-state index in [9.17, 15) is 9.59 Å². The largest absolute Gasteiger partial charge is 0.481 e. The number of thioether (sulfide) groups is 1. The van der Waals surface area contributed by atoms with E-state index < -0.39 is 5.97 Å². The maximum Gasteiger partial charge on any atom is 0.313 e. The number of aliphatic carboxylic acids is 1. The van der Waals surface area contributed by atoms with Gasteiger partial charge in [-0.05, 0) is 19.3 Å². The van der Waals surface area contributed by atoms with E-state index in [0.717, 1.165) is 12.0 Å². The van der Waals surface area contributed by atoms with Gasteiger partial charge < -0.3 is 5.11 Å². The summed E-state index contributed by atoms with van der Waals surface area (Å²) in [5, 5.41) is 8.77. The fourth-order valence-corrected chi connectivity index (χ4v) is 3.14. The monoisotopic (exact) mass is 242 g/mol. The van der Waals surface area contributed by atoms with E-state index in [1.807, 2.05) is 13.8 Å². The average Bonchev–Trinajstić information content (AvgIpc) is 2.19. The first kappa shape index (κ1) is 13.3. The van der Waals surface area contributed by atoms with Gasteiger partial charge in [0.05, 0.1) is 5.75 Å². The molecule has 3 nitrogen and oxygen atoms in total. The highest BCUT2D eigenvalue weighted by Crippen LogP contribution is 2.36. The Balaban J connectivity index is 2.62. The third-order valence-electron chi connectivity index (χ3n) is 3.15. The number of carboxylic acids is 1. The Morgan fingerprint density at radius 3 is 2.75 bits per heavy atom. The lowest BCUT2D eigenvalue weighted by Gasteiger charge is -2.32. The average molecular weight is 242 g/mol. The van der Waals surface area contributed by atoms with E-state index in [4.69, 9.17) is 5.11 Å². The highest BCUT2D eigenvalue weighted by Gasteiger charge is 2.34. The van der Waals surface area contributed by atoms with Gasteiger partial charge >= 0.3 is 5.97 Å². The van der Waals surface area contributed by atoms with Crippen molar-refractivity contribution in [2.75, 3.05) is 5.75 Å². The smallest absolute Gasteiger partial charge is 0.313 e. The van der Waals surface area contributed by atoms with Crippen molar-refractivity contribution in [1.82, 2.24) is 0 Å². The van der Waals surface area contributed by atoms with Crippen LogP contribution >= 0.6 is 11.8 Å². The van der Waals surface area contributed by atoms with Crippen LogP contribution in [-0.4, -0.2) is 27.9 Å². The summed E-state index contributed by atoms with van der Waals surface area (Å²) in [6, 6.07) is 0. The van der Waals surface area contributed by atoms with E-state index in [1.165, 1.54) is 11.8 Å². The lowest BCUT2D eigenvalue weighted by Crippen LogP contribution is -2.34. The van der Waals surface area contributed by atoms with Crippen LogP contribution in [0.2, 0.25) is 0 Å². The van der Waals surface area contributed by atoms with Gasteiger partial charge in [0, 0.05) is 17.6 Å². The van der Waals surface area contributed by atoms with Crippen LogP contribution in [0.3, 0.4) is 0 Å². The van der Waals surface area contributed by atoms with Crippen LogP contribution in [0.4, 0.5) is 0 Å². The second-order valence-electron chi connectivity index (χ2n) is 4.48. The molecule has 0 saturated heterocycles. The van der Waals surface area contributed by atoms with E-state index in [1.54, 1.807) is 0 Å². The van der Waals surface area contributed by atoms with Gasteiger partial charge in [-0.25, -0.2) is 0 Å². The minimum absolute atomic E-state index is 0.0278. The van der Waals surface area contributed by atoms with Crippen LogP contribution < -0.4 is 0 Å². The summed E-state index contributed by atoms with van der Waals surface area (Å²) in [6.45, 7) is 7.73. The summed E-state index contributed by atoms with van der Waals surface area (Å²) in [4.78, 5) is 22.3. The lowest BCUT2D eigenvalue weighted by molar-refractivity contribution is -0.134. The number of hydrogen-bond donors (Lipinski definition) is 1. The van der Waals surface area contributed by atoms with E-state index in [-0.39, 0.29) is 28.6 Å². The van der Waals surface area contributed by atoms with E-state index in [0.29, 0.717) is 6.42 Å². The molecule has 0 amide bonds. The second-order valence-corrected chi connectivity index (χ2v) is 5.71. The quantitative estimate of drug-likeness (QED) is 0.769. The minimum atomic E-state index is -0.818. The molecule has 0 radical (unpaired) electrons. The van der Waals surface area contributed by atoms with Crippen LogP contribution in [0.1, 0.15) is 26.7 Å². The number of allylic oxidation sites excluding steroid dienone is 1. The molecule has 3 atom stereocenters. The zero-order chi connectivity index (χ0) is 12.3. The topological polar surface area (TPSA) is 54.4 Å². The predicted molar refractivity (Wildman–Crippen MR) is 65.6 cm³/mol. The van der Waals surface area contributed by atoms with Gasteiger partial charge in [-0.2, -0.15) is 0 Å². The van der Waals surface area contributed by atoms with Gasteiger partial charge in [0.1, 0.15) is 5.78 Å². The fourth-order valence-electron chi connectivity index (χ4n) is 1.97. The summed E-state index contributed by atoms with van der Waals surface area (Å²) in [5.74, 6) is -0.301. The van der Waals surface area contributed by atoms with Gasteiger partial charge in [-0.15, -0.1) is 11.8 Å². The third-order valence-corrected chi connectivity index (χ3v) is 4.59. The predicted octanol–water partition coefficient (Wildman–Crippen LogP) is 2.36. The van der Waals surface area contributed by atoms with Crippen LogP contribution in [0, 0.1) is 11.8 Å². The van der Waals surface area contributed by atoms with E-state index >= 15 is 0 Å². The van der Waals surface area contributed by atoms with Gasteiger partial charge in [-0.1, -0.05) is 19.1 Å². The Labute approximate surface area is 100 Å². The molecule has 90 valence electrons. The number of carbonyl (C=O) groups excluding carboxylic acids is 1. The Morgan fingerprint density at radius 2 is 2.25 bits per heavy atom. The van der Waals surface area contributed by atoms with Gasteiger partial charge in [0.15, 0.2) is 0 Å². The molecule has 16 heavy (non-hydrogen) atoms. The number of rotatable bonds is 4. The van der Waals surface area contributed by atoms with Crippen molar-refractivity contribution in [1.29, 1.82) is 0 Å². The first-order valence-electron chi connectivity index (χ1n) is 5.43. The van der Waals surface area contributed by atoms with Crippen LogP contribution in [0.25, 0.3) is 0 Å². The minimum Gasteiger partial charge on any atom is -0.481 e. The highest BCUT2D eigenvalue weighted by atomic mass is 32.2. The number of carboxylic acid groups (broad SMARTS) is 1. The standard InChI is InChI=1S/C12H18O3S/c1-7(2)9-4-10(13)8(3)11(5-9)16-6-12(14)15/h8-9,11H,1,4-6H2,2-3H3,(H,14,15). The first-order valence-corrected chi connectivity index (χ1v) is 6.48. The number of Topliss-reactive ketones (excluding diaryl/α,β-unsaturated/α-hetero) is 1. The number of hydrogen-bond acceptors (Lipinski definition) is 3. The molecule has 0 aromatic carbocycles. The Kier molecular flexibility index (Phi) is 4.59. The summed E-state index contributed by atoms with van der Waals surface area (Å²) in [6.07, 6.45) is 1.45. The zero-order valence-electron chi connectivity index (χ0n) is 9.73. The summed E-state index contributed by atoms with van der Waals surface area (Å²) in [7, 11) is 0. The molecule has 0 heterocycles. The van der Waals surface area contributed by atoms with Crippen molar-refractivity contribution in [2.24, 2.45) is 11.8 Å². The van der Waals surface area contributed by atoms with Crippen molar-refractivity contribution >= 4 is 23.5 Å². The highest BCUT2D eigenvalue weighted by molar-refractivity contribution is 8.00. The fraction of sp³-hybridized carbons (Fsp3) is 0.667. The molecule has 0 bridgehead atoms.